The maximum Gasteiger partial charge on any atom is 0.156 e. The lowest BCUT2D eigenvalue weighted by Crippen LogP contribution is -2.44. The van der Waals surface area contributed by atoms with Gasteiger partial charge in [0.05, 0.1) is 12.7 Å². The van der Waals surface area contributed by atoms with E-state index in [-0.39, 0.29) is 6.10 Å². The van der Waals surface area contributed by atoms with Crippen LogP contribution in [0.25, 0.3) is 0 Å². The molecular formula is C10H15BrN2O. The number of alkyl halides is 1. The van der Waals surface area contributed by atoms with Gasteiger partial charge in [-0.05, 0) is 18.3 Å². The van der Waals surface area contributed by atoms with Crippen molar-refractivity contribution >= 4 is 15.9 Å². The van der Waals surface area contributed by atoms with Gasteiger partial charge < -0.3 is 4.74 Å². The Kier molecular flexibility index (Phi) is 3.10. The van der Waals surface area contributed by atoms with E-state index in [2.05, 4.69) is 26.9 Å². The van der Waals surface area contributed by atoms with Gasteiger partial charge in [0.25, 0.3) is 0 Å². The molecule has 1 heterocycles. The molecule has 1 saturated carbocycles. The molecule has 0 N–H and O–H groups in total. The van der Waals surface area contributed by atoms with Crippen LogP contribution in [-0.2, 0) is 4.74 Å². The van der Waals surface area contributed by atoms with Crippen molar-refractivity contribution in [1.29, 1.82) is 5.26 Å². The highest BCUT2D eigenvalue weighted by atomic mass is 79.9. The summed E-state index contributed by atoms with van der Waals surface area (Å²) in [6, 6.07) is 2.18. The van der Waals surface area contributed by atoms with Crippen LogP contribution in [0.15, 0.2) is 0 Å². The Morgan fingerprint density at radius 2 is 2.36 bits per heavy atom. The third-order valence-electron chi connectivity index (χ3n) is 3.09. The monoisotopic (exact) mass is 258 g/mol. The molecule has 0 bridgehead atoms. The minimum atomic E-state index is -0.213. The first-order valence-electron chi connectivity index (χ1n) is 5.08. The zero-order valence-electron chi connectivity index (χ0n) is 8.21. The Hall–Kier alpha value is -0.110. The molecule has 0 spiro atoms. The molecule has 4 heteroatoms. The van der Waals surface area contributed by atoms with Crippen molar-refractivity contribution in [3.8, 4) is 6.07 Å². The van der Waals surface area contributed by atoms with Crippen molar-refractivity contribution in [1.82, 2.24) is 4.90 Å². The zero-order valence-corrected chi connectivity index (χ0v) is 9.79. The van der Waals surface area contributed by atoms with E-state index < -0.39 is 0 Å². The average Bonchev–Trinajstić information content (AvgIpc) is 2.99. The maximum absolute atomic E-state index is 8.77. The van der Waals surface area contributed by atoms with Crippen molar-refractivity contribution in [3.05, 3.63) is 0 Å². The van der Waals surface area contributed by atoms with E-state index in [0.29, 0.717) is 12.0 Å². The summed E-state index contributed by atoms with van der Waals surface area (Å²) in [5.41, 5.74) is 0.511. The SMILES string of the molecule is N#CC1CN(CC2(CBr)CC2)CCO1. The van der Waals surface area contributed by atoms with E-state index in [1.807, 2.05) is 0 Å². The molecule has 0 radical (unpaired) electrons. The summed E-state index contributed by atoms with van der Waals surface area (Å²) in [6.45, 7) is 3.59. The molecule has 1 aliphatic carbocycles. The first-order chi connectivity index (χ1) is 6.78. The molecule has 2 rings (SSSR count). The Morgan fingerprint density at radius 1 is 1.57 bits per heavy atom. The molecule has 78 valence electrons. The number of halogens is 1. The highest BCUT2D eigenvalue weighted by Gasteiger charge is 2.43. The first kappa shape index (κ1) is 10.4. The highest BCUT2D eigenvalue weighted by molar-refractivity contribution is 9.09. The molecule has 0 aromatic carbocycles. The second kappa shape index (κ2) is 4.18. The van der Waals surface area contributed by atoms with Crippen molar-refractivity contribution < 1.29 is 4.74 Å². The molecule has 0 aromatic rings. The van der Waals surface area contributed by atoms with E-state index in [1.54, 1.807) is 0 Å². The second-order valence-electron chi connectivity index (χ2n) is 4.36. The number of ether oxygens (including phenoxy) is 1. The second-order valence-corrected chi connectivity index (χ2v) is 4.92. The van der Waals surface area contributed by atoms with Crippen molar-refractivity contribution in [3.63, 3.8) is 0 Å². The van der Waals surface area contributed by atoms with Gasteiger partial charge in [-0.15, -0.1) is 0 Å². The summed E-state index contributed by atoms with van der Waals surface area (Å²) < 4.78 is 5.31. The molecular weight excluding hydrogens is 244 g/mol. The highest BCUT2D eigenvalue weighted by Crippen LogP contribution is 2.47. The molecule has 2 aliphatic rings. The minimum Gasteiger partial charge on any atom is -0.361 e. The molecule has 0 aromatic heterocycles. The minimum absolute atomic E-state index is 0.213. The summed E-state index contributed by atoms with van der Waals surface area (Å²) in [6.07, 6.45) is 2.44. The summed E-state index contributed by atoms with van der Waals surface area (Å²) in [7, 11) is 0. The van der Waals surface area contributed by atoms with E-state index in [9.17, 15) is 0 Å². The smallest absolute Gasteiger partial charge is 0.156 e. The average molecular weight is 259 g/mol. The van der Waals surface area contributed by atoms with Crippen LogP contribution in [-0.4, -0.2) is 42.6 Å². The van der Waals surface area contributed by atoms with Crippen LogP contribution in [0.5, 0.6) is 0 Å². The largest absolute Gasteiger partial charge is 0.361 e. The number of morpholine rings is 1. The number of nitriles is 1. The third-order valence-corrected chi connectivity index (χ3v) is 4.28. The van der Waals surface area contributed by atoms with Gasteiger partial charge in [0.1, 0.15) is 0 Å². The van der Waals surface area contributed by atoms with E-state index >= 15 is 0 Å². The number of rotatable bonds is 3. The van der Waals surface area contributed by atoms with Gasteiger partial charge in [-0.25, -0.2) is 0 Å². The van der Waals surface area contributed by atoms with Crippen LogP contribution in [0.3, 0.4) is 0 Å². The third kappa shape index (κ3) is 2.28. The molecule has 14 heavy (non-hydrogen) atoms. The van der Waals surface area contributed by atoms with E-state index in [4.69, 9.17) is 10.00 Å². The predicted molar refractivity (Wildman–Crippen MR) is 57.3 cm³/mol. The summed E-state index contributed by atoms with van der Waals surface area (Å²) in [5.74, 6) is 0. The van der Waals surface area contributed by atoms with Crippen LogP contribution in [0, 0.1) is 16.7 Å². The van der Waals surface area contributed by atoms with Gasteiger partial charge in [-0.1, -0.05) is 15.9 Å². The Balaban J connectivity index is 1.83. The van der Waals surface area contributed by atoms with Crippen molar-refractivity contribution in [2.24, 2.45) is 5.41 Å². The number of nitrogens with zero attached hydrogens (tertiary/aromatic N) is 2. The standard InChI is InChI=1S/C10H15BrN2O/c11-7-10(1-2-10)8-13-3-4-14-9(5-12)6-13/h9H,1-4,6-8H2. The quantitative estimate of drug-likeness (QED) is 0.718. The van der Waals surface area contributed by atoms with E-state index in [1.165, 1.54) is 12.8 Å². The number of hydrogen-bond donors (Lipinski definition) is 0. The molecule has 1 aliphatic heterocycles. The summed E-state index contributed by atoms with van der Waals surface area (Å²) >= 11 is 3.57. The topological polar surface area (TPSA) is 36.3 Å². The number of hydrogen-bond acceptors (Lipinski definition) is 3. The van der Waals surface area contributed by atoms with Gasteiger partial charge in [0.15, 0.2) is 6.10 Å². The fourth-order valence-corrected chi connectivity index (χ4v) is 2.65. The predicted octanol–water partition coefficient (Wildman–Crippen LogP) is 1.39. The van der Waals surface area contributed by atoms with Gasteiger partial charge >= 0.3 is 0 Å². The molecule has 1 atom stereocenters. The summed E-state index contributed by atoms with van der Waals surface area (Å²) in [5, 5.41) is 9.86. The lowest BCUT2D eigenvalue weighted by atomic mass is 10.1. The van der Waals surface area contributed by atoms with Gasteiger partial charge in [-0.3, -0.25) is 4.90 Å². The van der Waals surface area contributed by atoms with Crippen LogP contribution in [0.1, 0.15) is 12.8 Å². The van der Waals surface area contributed by atoms with E-state index in [0.717, 1.165) is 25.0 Å². The summed E-state index contributed by atoms with van der Waals surface area (Å²) in [4.78, 5) is 2.37. The van der Waals surface area contributed by atoms with Crippen LogP contribution in [0.4, 0.5) is 0 Å². The van der Waals surface area contributed by atoms with Crippen LogP contribution < -0.4 is 0 Å². The fourth-order valence-electron chi connectivity index (χ4n) is 1.91. The van der Waals surface area contributed by atoms with Crippen molar-refractivity contribution in [2.75, 3.05) is 31.6 Å². The molecule has 0 amide bonds. The first-order valence-corrected chi connectivity index (χ1v) is 6.20. The Morgan fingerprint density at radius 3 is 2.93 bits per heavy atom. The zero-order chi connectivity index (χ0) is 10.0. The Bertz CT molecular complexity index is 247. The lowest BCUT2D eigenvalue weighted by Gasteiger charge is -2.32. The molecule has 2 fully saturated rings. The Labute approximate surface area is 93.1 Å². The maximum atomic E-state index is 8.77. The van der Waals surface area contributed by atoms with Gasteiger partial charge in [0.2, 0.25) is 0 Å². The molecule has 3 nitrogen and oxygen atoms in total. The van der Waals surface area contributed by atoms with Crippen LogP contribution >= 0.6 is 15.9 Å². The van der Waals surface area contributed by atoms with Crippen molar-refractivity contribution in [2.45, 2.75) is 18.9 Å². The van der Waals surface area contributed by atoms with Gasteiger partial charge in [0, 0.05) is 25.0 Å². The van der Waals surface area contributed by atoms with Crippen LogP contribution in [0.2, 0.25) is 0 Å². The van der Waals surface area contributed by atoms with Gasteiger partial charge in [-0.2, -0.15) is 5.26 Å². The normalized spacial score (nSPS) is 31.0. The molecule has 1 unspecified atom stereocenters. The molecule has 1 saturated heterocycles. The fraction of sp³-hybridized carbons (Fsp3) is 0.900. The lowest BCUT2D eigenvalue weighted by molar-refractivity contribution is -0.00539.